The van der Waals surface area contributed by atoms with E-state index in [-0.39, 0.29) is 12.5 Å². The van der Waals surface area contributed by atoms with Gasteiger partial charge in [0.2, 0.25) is 5.91 Å². The van der Waals surface area contributed by atoms with Crippen molar-refractivity contribution in [2.24, 2.45) is 0 Å². The number of hydrogen-bond acceptors (Lipinski definition) is 3. The van der Waals surface area contributed by atoms with Crippen LogP contribution in [0.25, 0.3) is 0 Å². The lowest BCUT2D eigenvalue weighted by atomic mass is 10.0. The maximum Gasteiger partial charge on any atom is 0.220 e. The number of carbonyl (C=O) groups is 1. The van der Waals surface area contributed by atoms with Crippen molar-refractivity contribution in [2.45, 2.75) is 244 Å². The Morgan fingerprint density at radius 3 is 1.20 bits per heavy atom. The summed E-state index contributed by atoms with van der Waals surface area (Å²) < 4.78 is 0. The molecule has 46 heavy (non-hydrogen) atoms. The van der Waals surface area contributed by atoms with Gasteiger partial charge in [0.25, 0.3) is 0 Å². The predicted molar refractivity (Wildman–Crippen MR) is 202 cm³/mol. The maximum absolute atomic E-state index is 12.4. The number of aliphatic hydroxyl groups excluding tert-OH is 2. The van der Waals surface area contributed by atoms with Crippen LogP contribution >= 0.6 is 0 Å². The average molecular weight is 650 g/mol. The molecule has 4 nitrogen and oxygen atoms in total. The minimum absolute atomic E-state index is 0.0378. The quantitative estimate of drug-likeness (QED) is 0.0460. The van der Waals surface area contributed by atoms with Gasteiger partial charge in [0, 0.05) is 6.42 Å². The monoisotopic (exact) mass is 650 g/mol. The lowest BCUT2D eigenvalue weighted by molar-refractivity contribution is -0.123. The molecule has 2 atom stereocenters. The molecule has 0 radical (unpaired) electrons. The largest absolute Gasteiger partial charge is 0.394 e. The molecule has 0 aliphatic carbocycles. The second-order valence-electron chi connectivity index (χ2n) is 14.4. The minimum atomic E-state index is -0.658. The Balaban J connectivity index is 3.52. The molecular formula is C42H83NO3. The van der Waals surface area contributed by atoms with Crippen LogP contribution in [0.2, 0.25) is 0 Å². The summed E-state index contributed by atoms with van der Waals surface area (Å²) in [6, 6.07) is -0.536. The molecule has 0 aliphatic heterocycles. The number of unbranched alkanes of at least 4 members (excludes halogenated alkanes) is 29. The van der Waals surface area contributed by atoms with Gasteiger partial charge in [-0.3, -0.25) is 4.79 Å². The summed E-state index contributed by atoms with van der Waals surface area (Å²) >= 11 is 0. The first-order valence-electron chi connectivity index (χ1n) is 20.9. The van der Waals surface area contributed by atoms with Crippen LogP contribution in [0.1, 0.15) is 232 Å². The third kappa shape index (κ3) is 34.5. The lowest BCUT2D eigenvalue weighted by Crippen LogP contribution is -2.45. The molecule has 0 heterocycles. The fraction of sp³-hybridized carbons (Fsp3) is 0.929. The molecule has 2 unspecified atom stereocenters. The zero-order valence-corrected chi connectivity index (χ0v) is 31.4. The molecule has 4 heteroatoms. The van der Waals surface area contributed by atoms with E-state index in [0.717, 1.165) is 25.7 Å². The first-order chi connectivity index (χ1) is 22.7. The van der Waals surface area contributed by atoms with Gasteiger partial charge < -0.3 is 15.5 Å². The number of aliphatic hydroxyl groups is 2. The summed E-state index contributed by atoms with van der Waals surface area (Å²) in [5.41, 5.74) is 0. The van der Waals surface area contributed by atoms with E-state index in [4.69, 9.17) is 0 Å². The highest BCUT2D eigenvalue weighted by molar-refractivity contribution is 5.76. The average Bonchev–Trinajstić information content (AvgIpc) is 3.06. The van der Waals surface area contributed by atoms with Gasteiger partial charge in [0.1, 0.15) is 0 Å². The molecule has 0 bridgehead atoms. The van der Waals surface area contributed by atoms with E-state index in [1.54, 1.807) is 0 Å². The molecule has 0 aromatic rings. The number of carbonyl (C=O) groups excluding carboxylic acids is 1. The lowest BCUT2D eigenvalue weighted by Gasteiger charge is -2.22. The summed E-state index contributed by atoms with van der Waals surface area (Å²) in [6.07, 6.45) is 47.0. The number of amides is 1. The number of rotatable bonds is 38. The fourth-order valence-corrected chi connectivity index (χ4v) is 6.53. The zero-order chi connectivity index (χ0) is 33.6. The van der Waals surface area contributed by atoms with Crippen molar-refractivity contribution in [3.63, 3.8) is 0 Å². The van der Waals surface area contributed by atoms with Crippen LogP contribution in [0, 0.1) is 0 Å². The molecule has 0 saturated carbocycles. The Kier molecular flexibility index (Phi) is 37.8. The van der Waals surface area contributed by atoms with E-state index in [2.05, 4.69) is 31.3 Å². The second-order valence-corrected chi connectivity index (χ2v) is 14.4. The molecule has 0 rings (SSSR count). The summed E-state index contributed by atoms with van der Waals surface area (Å²) in [5.74, 6) is -0.0378. The smallest absolute Gasteiger partial charge is 0.220 e. The molecule has 0 fully saturated rings. The van der Waals surface area contributed by atoms with Crippen LogP contribution in [0.4, 0.5) is 0 Å². The Morgan fingerprint density at radius 1 is 0.500 bits per heavy atom. The fourth-order valence-electron chi connectivity index (χ4n) is 6.53. The predicted octanol–water partition coefficient (Wildman–Crippen LogP) is 12.7. The van der Waals surface area contributed by atoms with Crippen molar-refractivity contribution in [1.29, 1.82) is 0 Å². The third-order valence-electron chi connectivity index (χ3n) is 9.78. The van der Waals surface area contributed by atoms with Gasteiger partial charge in [0.15, 0.2) is 0 Å². The van der Waals surface area contributed by atoms with Gasteiger partial charge in [-0.2, -0.15) is 0 Å². The van der Waals surface area contributed by atoms with Gasteiger partial charge in [-0.05, 0) is 38.5 Å². The summed E-state index contributed by atoms with van der Waals surface area (Å²) in [5, 5.41) is 23.1. The Hall–Kier alpha value is -0.870. The van der Waals surface area contributed by atoms with Crippen molar-refractivity contribution >= 4 is 5.91 Å². The molecular weight excluding hydrogens is 566 g/mol. The molecule has 0 saturated heterocycles. The third-order valence-corrected chi connectivity index (χ3v) is 9.78. The molecule has 0 aromatic heterocycles. The number of allylic oxidation sites excluding steroid dienone is 2. The van der Waals surface area contributed by atoms with Crippen molar-refractivity contribution < 1.29 is 15.0 Å². The number of hydrogen-bond donors (Lipinski definition) is 3. The van der Waals surface area contributed by atoms with Gasteiger partial charge in [-0.1, -0.05) is 199 Å². The van der Waals surface area contributed by atoms with Crippen molar-refractivity contribution in [3.8, 4) is 0 Å². The molecule has 0 aromatic carbocycles. The first-order valence-corrected chi connectivity index (χ1v) is 20.9. The zero-order valence-electron chi connectivity index (χ0n) is 31.4. The van der Waals surface area contributed by atoms with Crippen LogP contribution in [0.15, 0.2) is 12.2 Å². The Labute approximate surface area is 288 Å². The van der Waals surface area contributed by atoms with Crippen LogP contribution in [0.3, 0.4) is 0 Å². The second kappa shape index (κ2) is 38.6. The molecule has 0 aliphatic rings. The van der Waals surface area contributed by atoms with Crippen molar-refractivity contribution in [2.75, 3.05) is 6.61 Å². The van der Waals surface area contributed by atoms with Crippen LogP contribution < -0.4 is 5.32 Å². The normalized spacial score (nSPS) is 13.0. The van der Waals surface area contributed by atoms with E-state index < -0.39 is 12.1 Å². The number of nitrogens with one attached hydrogen (secondary N) is 1. The highest BCUT2D eigenvalue weighted by Crippen LogP contribution is 2.16. The highest BCUT2D eigenvalue weighted by atomic mass is 16.3. The summed E-state index contributed by atoms with van der Waals surface area (Å²) in [6.45, 7) is 4.36. The van der Waals surface area contributed by atoms with Gasteiger partial charge >= 0.3 is 0 Å². The summed E-state index contributed by atoms with van der Waals surface area (Å²) in [4.78, 5) is 12.4. The van der Waals surface area contributed by atoms with Crippen LogP contribution in [-0.4, -0.2) is 34.9 Å². The van der Waals surface area contributed by atoms with E-state index in [0.29, 0.717) is 12.8 Å². The van der Waals surface area contributed by atoms with Crippen LogP contribution in [-0.2, 0) is 4.79 Å². The standard InChI is InChI=1S/C42H83NO3/c1-3-5-7-9-11-13-15-17-19-21-22-23-25-27-29-31-33-35-37-41(45)40(39-44)43-42(46)38-36-34-32-30-28-26-24-20-18-16-14-12-10-8-6-4-2/h20,24,40-41,44-45H,3-19,21-23,25-39H2,1-2H3,(H,43,46)/b24-20-. The van der Waals surface area contributed by atoms with E-state index in [9.17, 15) is 15.0 Å². The van der Waals surface area contributed by atoms with Gasteiger partial charge in [0.05, 0.1) is 18.8 Å². The van der Waals surface area contributed by atoms with Crippen molar-refractivity contribution in [1.82, 2.24) is 5.32 Å². The molecule has 0 spiro atoms. The van der Waals surface area contributed by atoms with Crippen molar-refractivity contribution in [3.05, 3.63) is 12.2 Å². The topological polar surface area (TPSA) is 69.6 Å². The molecule has 1 amide bonds. The van der Waals surface area contributed by atoms with E-state index >= 15 is 0 Å². The Bertz CT molecular complexity index is 622. The van der Waals surface area contributed by atoms with Gasteiger partial charge in [-0.15, -0.1) is 0 Å². The maximum atomic E-state index is 12.4. The Morgan fingerprint density at radius 2 is 0.826 bits per heavy atom. The minimum Gasteiger partial charge on any atom is -0.394 e. The molecule has 3 N–H and O–H groups in total. The first kappa shape index (κ1) is 45.1. The van der Waals surface area contributed by atoms with E-state index in [1.165, 1.54) is 180 Å². The SMILES string of the molecule is CCCCCCCCC/C=C\CCCCCCCC(=O)NC(CO)C(O)CCCCCCCCCCCCCCCCCCCC. The molecule has 274 valence electrons. The van der Waals surface area contributed by atoms with E-state index in [1.807, 2.05) is 0 Å². The van der Waals surface area contributed by atoms with Gasteiger partial charge in [-0.25, -0.2) is 0 Å². The van der Waals surface area contributed by atoms with Crippen LogP contribution in [0.5, 0.6) is 0 Å². The highest BCUT2D eigenvalue weighted by Gasteiger charge is 2.19. The summed E-state index contributed by atoms with van der Waals surface area (Å²) in [7, 11) is 0.